The number of nitrogens with zero attached hydrogens (tertiary/aromatic N) is 2. The topological polar surface area (TPSA) is 55.6 Å². The predicted molar refractivity (Wildman–Crippen MR) is 68.7 cm³/mol. The minimum Gasteiger partial charge on any atom is -0.461 e. The van der Waals surface area contributed by atoms with E-state index in [1.807, 2.05) is 18.2 Å². The van der Waals surface area contributed by atoms with Crippen LogP contribution in [0.4, 0.5) is 6.01 Å². The molecular weight excluding hydrogens is 240 g/mol. The van der Waals surface area contributed by atoms with Crippen molar-refractivity contribution in [3.05, 3.63) is 12.0 Å². The summed E-state index contributed by atoms with van der Waals surface area (Å²) in [5.41, 5.74) is 0.213. The van der Waals surface area contributed by atoms with Crippen LogP contribution in [0.25, 0.3) is 0 Å². The summed E-state index contributed by atoms with van der Waals surface area (Å²) >= 11 is 1.75. The summed E-state index contributed by atoms with van der Waals surface area (Å²) in [6, 6.07) is 0.730. The Bertz CT molecular complexity index is 367. The average molecular weight is 258 g/mol. The molecule has 0 aliphatic heterocycles. The minimum absolute atomic E-state index is 0.213. The Labute approximate surface area is 106 Å². The van der Waals surface area contributed by atoms with Gasteiger partial charge in [-0.15, -0.1) is 0 Å². The van der Waals surface area contributed by atoms with Gasteiger partial charge in [-0.1, -0.05) is 0 Å². The molecule has 1 unspecified atom stereocenters. The van der Waals surface area contributed by atoms with Gasteiger partial charge in [0.2, 0.25) is 0 Å². The van der Waals surface area contributed by atoms with Crippen LogP contribution < -0.4 is 4.90 Å². The molecule has 0 bridgehead atoms. The lowest BCUT2D eigenvalue weighted by molar-refractivity contribution is 0.0519. The zero-order valence-corrected chi connectivity index (χ0v) is 11.4. The van der Waals surface area contributed by atoms with Gasteiger partial charge in [-0.25, -0.2) is 4.79 Å². The maximum absolute atomic E-state index is 11.4. The Hall–Kier alpha value is -1.17. The predicted octanol–water partition coefficient (Wildman–Crippen LogP) is 2.04. The molecule has 1 rings (SSSR count). The molecule has 1 heterocycles. The molecule has 0 radical (unpaired) electrons. The average Bonchev–Trinajstić information content (AvgIpc) is 2.78. The summed E-state index contributed by atoms with van der Waals surface area (Å²) < 4.78 is 10.1. The third-order valence-corrected chi connectivity index (χ3v) is 3.16. The van der Waals surface area contributed by atoms with Crippen molar-refractivity contribution in [2.24, 2.45) is 0 Å². The van der Waals surface area contributed by atoms with Gasteiger partial charge >= 0.3 is 5.97 Å². The molecule has 0 saturated heterocycles. The number of carbonyl (C=O) groups is 1. The van der Waals surface area contributed by atoms with Gasteiger partial charge in [0.25, 0.3) is 6.01 Å². The number of ether oxygens (including phenoxy) is 1. The number of oxazole rings is 1. The van der Waals surface area contributed by atoms with Gasteiger partial charge in [0.15, 0.2) is 5.69 Å². The lowest BCUT2D eigenvalue weighted by Gasteiger charge is -2.21. The number of hydrogen-bond donors (Lipinski definition) is 0. The Balaban J connectivity index is 2.70. The van der Waals surface area contributed by atoms with E-state index >= 15 is 0 Å². The summed E-state index contributed by atoms with van der Waals surface area (Å²) in [5, 5.41) is 0. The van der Waals surface area contributed by atoms with Crippen molar-refractivity contribution < 1.29 is 13.9 Å². The van der Waals surface area contributed by atoms with Crippen LogP contribution >= 0.6 is 11.8 Å². The summed E-state index contributed by atoms with van der Waals surface area (Å²) in [7, 11) is 1.89. The van der Waals surface area contributed by atoms with Crippen molar-refractivity contribution in [1.29, 1.82) is 0 Å². The Morgan fingerprint density at radius 1 is 1.71 bits per heavy atom. The van der Waals surface area contributed by atoms with Crippen molar-refractivity contribution in [1.82, 2.24) is 4.98 Å². The standard InChI is InChI=1S/C11H18N2O3S/c1-5-15-10(14)9-6-16-11(12-9)13(3)8(2)7-17-4/h6,8H,5,7H2,1-4H3. The van der Waals surface area contributed by atoms with Crippen LogP contribution in [0.5, 0.6) is 0 Å². The molecule has 0 spiro atoms. The second-order valence-corrected chi connectivity index (χ2v) is 4.56. The third kappa shape index (κ3) is 3.66. The molecule has 6 heteroatoms. The van der Waals surface area contributed by atoms with Crippen LogP contribution in [0.15, 0.2) is 10.7 Å². The monoisotopic (exact) mass is 258 g/mol. The van der Waals surface area contributed by atoms with Crippen LogP contribution in [-0.4, -0.2) is 42.7 Å². The molecule has 17 heavy (non-hydrogen) atoms. The molecule has 1 aromatic rings. The first-order chi connectivity index (χ1) is 8.10. The maximum atomic E-state index is 11.4. The van der Waals surface area contributed by atoms with Crippen LogP contribution in [-0.2, 0) is 4.74 Å². The molecule has 0 N–H and O–H groups in total. The molecule has 96 valence electrons. The zero-order valence-electron chi connectivity index (χ0n) is 10.6. The van der Waals surface area contributed by atoms with E-state index in [2.05, 4.69) is 11.9 Å². The quantitative estimate of drug-likeness (QED) is 0.728. The first-order valence-electron chi connectivity index (χ1n) is 5.44. The van der Waals surface area contributed by atoms with Crippen molar-refractivity contribution >= 4 is 23.7 Å². The summed E-state index contributed by atoms with van der Waals surface area (Å²) in [6.45, 7) is 4.16. The SMILES string of the molecule is CCOC(=O)c1coc(N(C)C(C)CSC)n1. The van der Waals surface area contributed by atoms with Gasteiger partial charge in [-0.05, 0) is 20.1 Å². The maximum Gasteiger partial charge on any atom is 0.360 e. The van der Waals surface area contributed by atoms with E-state index in [9.17, 15) is 4.79 Å². The van der Waals surface area contributed by atoms with E-state index in [1.54, 1.807) is 18.7 Å². The van der Waals surface area contributed by atoms with E-state index < -0.39 is 5.97 Å². The lowest BCUT2D eigenvalue weighted by Crippen LogP contribution is -2.31. The summed E-state index contributed by atoms with van der Waals surface area (Å²) in [5.74, 6) is 0.515. The smallest absolute Gasteiger partial charge is 0.360 e. The number of hydrogen-bond acceptors (Lipinski definition) is 6. The van der Waals surface area contributed by atoms with Gasteiger partial charge < -0.3 is 14.1 Å². The Morgan fingerprint density at radius 3 is 3.00 bits per heavy atom. The van der Waals surface area contributed by atoms with Crippen LogP contribution in [0, 0.1) is 0 Å². The molecule has 5 nitrogen and oxygen atoms in total. The van der Waals surface area contributed by atoms with Crippen LogP contribution in [0.2, 0.25) is 0 Å². The van der Waals surface area contributed by atoms with Gasteiger partial charge in [0, 0.05) is 18.8 Å². The third-order valence-electron chi connectivity index (χ3n) is 2.35. The molecule has 1 atom stereocenters. The lowest BCUT2D eigenvalue weighted by atomic mass is 10.4. The van der Waals surface area contributed by atoms with Crippen molar-refractivity contribution in [2.75, 3.05) is 30.6 Å². The fourth-order valence-electron chi connectivity index (χ4n) is 1.27. The molecule has 0 aliphatic rings. The van der Waals surface area contributed by atoms with Crippen molar-refractivity contribution in [2.45, 2.75) is 19.9 Å². The molecule has 0 aromatic carbocycles. The van der Waals surface area contributed by atoms with Gasteiger partial charge in [-0.2, -0.15) is 16.7 Å². The number of carbonyl (C=O) groups excluding carboxylic acids is 1. The number of thioether (sulfide) groups is 1. The van der Waals surface area contributed by atoms with E-state index in [-0.39, 0.29) is 5.69 Å². The van der Waals surface area contributed by atoms with E-state index in [1.165, 1.54) is 6.26 Å². The minimum atomic E-state index is -0.451. The van der Waals surface area contributed by atoms with E-state index in [0.717, 1.165) is 5.75 Å². The highest BCUT2D eigenvalue weighted by Gasteiger charge is 2.18. The molecule has 0 fully saturated rings. The molecule has 0 amide bonds. The molecule has 0 saturated carbocycles. The fraction of sp³-hybridized carbons (Fsp3) is 0.636. The normalized spacial score (nSPS) is 12.2. The fourth-order valence-corrected chi connectivity index (χ4v) is 1.97. The zero-order chi connectivity index (χ0) is 12.8. The largest absolute Gasteiger partial charge is 0.461 e. The van der Waals surface area contributed by atoms with Crippen LogP contribution in [0.1, 0.15) is 24.3 Å². The second kappa shape index (κ2) is 6.54. The molecule has 1 aromatic heterocycles. The highest BCUT2D eigenvalue weighted by molar-refractivity contribution is 7.98. The molecular formula is C11H18N2O3S. The second-order valence-electron chi connectivity index (χ2n) is 3.65. The number of rotatable bonds is 6. The van der Waals surface area contributed by atoms with Gasteiger partial charge in [0.1, 0.15) is 6.26 Å². The van der Waals surface area contributed by atoms with E-state index in [4.69, 9.17) is 9.15 Å². The highest BCUT2D eigenvalue weighted by Crippen LogP contribution is 2.16. The summed E-state index contributed by atoms with van der Waals surface area (Å²) in [6.07, 6.45) is 3.37. The molecule has 0 aliphatic carbocycles. The number of anilines is 1. The van der Waals surface area contributed by atoms with Crippen LogP contribution in [0.3, 0.4) is 0 Å². The number of aromatic nitrogens is 1. The summed E-state index contributed by atoms with van der Waals surface area (Å²) in [4.78, 5) is 17.4. The first-order valence-corrected chi connectivity index (χ1v) is 6.84. The Morgan fingerprint density at radius 2 is 2.41 bits per heavy atom. The van der Waals surface area contributed by atoms with Gasteiger partial charge in [0.05, 0.1) is 6.61 Å². The van der Waals surface area contributed by atoms with E-state index in [0.29, 0.717) is 18.7 Å². The Kier molecular flexibility index (Phi) is 5.34. The van der Waals surface area contributed by atoms with Gasteiger partial charge in [-0.3, -0.25) is 0 Å². The van der Waals surface area contributed by atoms with Crippen molar-refractivity contribution in [3.8, 4) is 0 Å². The van der Waals surface area contributed by atoms with Crippen molar-refractivity contribution in [3.63, 3.8) is 0 Å². The first kappa shape index (κ1) is 13.9. The number of esters is 1. The highest BCUT2D eigenvalue weighted by atomic mass is 32.2.